The van der Waals surface area contributed by atoms with Crippen LogP contribution in [0.1, 0.15) is 9.50 Å². The van der Waals surface area contributed by atoms with Crippen LogP contribution in [-0.4, -0.2) is 0 Å². The zero-order valence-corrected chi connectivity index (χ0v) is 11.0. The van der Waals surface area contributed by atoms with Gasteiger partial charge in [-0.2, -0.15) is 0 Å². The summed E-state index contributed by atoms with van der Waals surface area (Å²) in [6.45, 7) is 0. The first-order valence-corrected chi connectivity index (χ1v) is 6.15. The summed E-state index contributed by atoms with van der Waals surface area (Å²) in [4.78, 5) is 0. The van der Waals surface area contributed by atoms with Gasteiger partial charge < -0.3 is 4.42 Å². The summed E-state index contributed by atoms with van der Waals surface area (Å²) in [7, 11) is 2.70. The Bertz CT molecular complexity index is 436. The molecule has 4 heteroatoms. The van der Waals surface area contributed by atoms with Gasteiger partial charge in [-0.25, -0.2) is 0 Å². The lowest BCUT2D eigenvalue weighted by Gasteiger charge is -1.91. The predicted octanol–water partition coefficient (Wildman–Crippen LogP) is 3.72. The third-order valence-corrected chi connectivity index (χ3v) is 3.24. The zero-order chi connectivity index (χ0) is 9.42. The monoisotopic (exact) mass is 320 g/mol. The molecule has 1 aromatic carbocycles. The van der Waals surface area contributed by atoms with Crippen molar-refractivity contribution in [1.29, 1.82) is 0 Å². The van der Waals surface area contributed by atoms with Crippen LogP contribution in [0.3, 0.4) is 0 Å². The quantitative estimate of drug-likeness (QED) is 0.576. The summed E-state index contributed by atoms with van der Waals surface area (Å²) in [6.07, 6.45) is 0. The highest BCUT2D eigenvalue weighted by Crippen LogP contribution is 2.33. The maximum absolute atomic E-state index is 5.60. The van der Waals surface area contributed by atoms with Crippen LogP contribution in [0.15, 0.2) is 28.7 Å². The van der Waals surface area contributed by atoms with Crippen molar-refractivity contribution in [3.63, 3.8) is 0 Å². The number of halogens is 2. The molecule has 13 heavy (non-hydrogen) atoms. The molecule has 0 fully saturated rings. The van der Waals surface area contributed by atoms with E-state index in [1.807, 2.05) is 24.3 Å². The summed E-state index contributed by atoms with van der Waals surface area (Å²) in [5, 5.41) is 2.31. The van der Waals surface area contributed by atoms with Crippen molar-refractivity contribution >= 4 is 57.4 Å². The van der Waals surface area contributed by atoms with E-state index < -0.39 is 0 Å². The second-order valence-corrected chi connectivity index (χ2v) is 6.39. The van der Waals surface area contributed by atoms with E-state index in [2.05, 4.69) is 41.1 Å². The van der Waals surface area contributed by atoms with E-state index in [0.717, 1.165) is 22.0 Å². The first-order chi connectivity index (χ1) is 6.18. The van der Waals surface area contributed by atoms with Crippen LogP contribution in [0.4, 0.5) is 0 Å². The first kappa shape index (κ1) is 9.70. The SMILES string of the molecule is Pc1cccc2oc(C(Br)Br)cc12. The Balaban J connectivity index is 2.68. The third-order valence-electron chi connectivity index (χ3n) is 1.83. The third kappa shape index (κ3) is 1.83. The van der Waals surface area contributed by atoms with Crippen LogP contribution in [0.2, 0.25) is 0 Å². The molecule has 0 aliphatic rings. The van der Waals surface area contributed by atoms with Gasteiger partial charge in [0.15, 0.2) is 0 Å². The summed E-state index contributed by atoms with van der Waals surface area (Å²) in [6, 6.07) is 8.03. The fraction of sp³-hybridized carbons (Fsp3) is 0.111. The lowest BCUT2D eigenvalue weighted by molar-refractivity contribution is 0.574. The minimum atomic E-state index is 0.0804. The molecule has 0 radical (unpaired) electrons. The molecule has 0 aliphatic carbocycles. The highest BCUT2D eigenvalue weighted by atomic mass is 79.9. The Kier molecular flexibility index (Phi) is 2.77. The maximum Gasteiger partial charge on any atom is 0.135 e. The first-order valence-electron chi connectivity index (χ1n) is 3.74. The lowest BCUT2D eigenvalue weighted by atomic mass is 10.2. The number of fused-ring (bicyclic) bond motifs is 1. The van der Waals surface area contributed by atoms with Crippen LogP contribution >= 0.6 is 41.1 Å². The molecule has 1 aromatic heterocycles. The molecule has 0 N–H and O–H groups in total. The van der Waals surface area contributed by atoms with Gasteiger partial charge in [-0.1, -0.05) is 44.0 Å². The molecule has 2 aromatic rings. The van der Waals surface area contributed by atoms with Crippen molar-refractivity contribution in [2.75, 3.05) is 0 Å². The number of benzene rings is 1. The van der Waals surface area contributed by atoms with Gasteiger partial charge in [0.2, 0.25) is 0 Å². The number of alkyl halides is 2. The smallest absolute Gasteiger partial charge is 0.135 e. The zero-order valence-electron chi connectivity index (χ0n) is 6.63. The molecule has 1 nitrogen and oxygen atoms in total. The minimum Gasteiger partial charge on any atom is -0.459 e. The standard InChI is InChI=1S/C9H7Br2OP/c10-9(11)7-4-5-6(12-7)2-1-3-8(5)13/h1-4,9H,13H2. The van der Waals surface area contributed by atoms with Crippen LogP contribution in [-0.2, 0) is 0 Å². The van der Waals surface area contributed by atoms with Gasteiger partial charge in [0, 0.05) is 5.39 Å². The molecule has 0 saturated heterocycles. The Morgan fingerprint density at radius 1 is 1.31 bits per heavy atom. The van der Waals surface area contributed by atoms with Crippen LogP contribution in [0, 0.1) is 0 Å². The number of hydrogen-bond acceptors (Lipinski definition) is 1. The largest absolute Gasteiger partial charge is 0.459 e. The Labute approximate surface area is 95.3 Å². The normalized spacial score (nSPS) is 11.4. The maximum atomic E-state index is 5.60. The molecule has 0 spiro atoms. The topological polar surface area (TPSA) is 13.1 Å². The Morgan fingerprint density at radius 2 is 2.08 bits per heavy atom. The second kappa shape index (κ2) is 3.72. The van der Waals surface area contributed by atoms with E-state index in [9.17, 15) is 0 Å². The summed E-state index contributed by atoms with van der Waals surface area (Å²) in [5.74, 6) is 0.893. The van der Waals surface area contributed by atoms with Gasteiger partial charge >= 0.3 is 0 Å². The fourth-order valence-electron chi connectivity index (χ4n) is 1.21. The summed E-state index contributed by atoms with van der Waals surface area (Å²) in [5.41, 5.74) is 0.923. The van der Waals surface area contributed by atoms with Gasteiger partial charge in [-0.05, 0) is 17.4 Å². The Hall–Kier alpha value is 0.150. The summed E-state index contributed by atoms with van der Waals surface area (Å²) < 4.78 is 5.68. The highest BCUT2D eigenvalue weighted by Gasteiger charge is 2.10. The van der Waals surface area contributed by atoms with E-state index in [1.165, 1.54) is 0 Å². The molecular weight excluding hydrogens is 315 g/mol. The van der Waals surface area contributed by atoms with Crippen molar-refractivity contribution in [2.45, 2.75) is 3.74 Å². The van der Waals surface area contributed by atoms with Crippen molar-refractivity contribution in [1.82, 2.24) is 0 Å². The van der Waals surface area contributed by atoms with Gasteiger partial charge in [0.05, 0.1) is 0 Å². The molecule has 0 aliphatic heterocycles. The predicted molar refractivity (Wildman–Crippen MR) is 66.2 cm³/mol. The average Bonchev–Trinajstić information content (AvgIpc) is 2.49. The van der Waals surface area contributed by atoms with E-state index in [0.29, 0.717) is 0 Å². The second-order valence-electron chi connectivity index (χ2n) is 2.71. The van der Waals surface area contributed by atoms with Crippen molar-refractivity contribution in [3.8, 4) is 0 Å². The summed E-state index contributed by atoms with van der Waals surface area (Å²) >= 11 is 6.80. The van der Waals surface area contributed by atoms with E-state index in [4.69, 9.17) is 4.42 Å². The number of rotatable bonds is 1. The number of hydrogen-bond donors (Lipinski definition) is 0. The van der Waals surface area contributed by atoms with E-state index in [1.54, 1.807) is 0 Å². The average molecular weight is 322 g/mol. The van der Waals surface area contributed by atoms with Crippen molar-refractivity contribution in [2.24, 2.45) is 0 Å². The minimum absolute atomic E-state index is 0.0804. The Morgan fingerprint density at radius 3 is 2.69 bits per heavy atom. The van der Waals surface area contributed by atoms with Crippen molar-refractivity contribution < 1.29 is 4.42 Å². The van der Waals surface area contributed by atoms with Crippen LogP contribution < -0.4 is 5.30 Å². The van der Waals surface area contributed by atoms with Crippen LogP contribution in [0.25, 0.3) is 11.0 Å². The lowest BCUT2D eigenvalue weighted by Crippen LogP contribution is -1.87. The molecule has 0 amide bonds. The fourth-order valence-corrected chi connectivity index (χ4v) is 2.00. The van der Waals surface area contributed by atoms with Crippen molar-refractivity contribution in [3.05, 3.63) is 30.0 Å². The molecule has 1 unspecified atom stereocenters. The van der Waals surface area contributed by atoms with Gasteiger partial charge in [-0.15, -0.1) is 9.24 Å². The molecule has 1 atom stereocenters. The van der Waals surface area contributed by atoms with E-state index in [-0.39, 0.29) is 3.74 Å². The number of furan rings is 1. The molecule has 0 saturated carbocycles. The molecule has 0 bridgehead atoms. The van der Waals surface area contributed by atoms with Gasteiger partial charge in [-0.3, -0.25) is 0 Å². The molecule has 2 rings (SSSR count). The molecule has 1 heterocycles. The molecule has 68 valence electrons. The van der Waals surface area contributed by atoms with Gasteiger partial charge in [0.1, 0.15) is 15.1 Å². The van der Waals surface area contributed by atoms with Crippen LogP contribution in [0.5, 0.6) is 0 Å². The van der Waals surface area contributed by atoms with E-state index >= 15 is 0 Å². The van der Waals surface area contributed by atoms with Gasteiger partial charge in [0.25, 0.3) is 0 Å². The highest BCUT2D eigenvalue weighted by molar-refractivity contribution is 9.24. The molecular formula is C9H7Br2OP.